The first kappa shape index (κ1) is 17.9. The maximum Gasteiger partial charge on any atom is 0.256 e. The summed E-state index contributed by atoms with van der Waals surface area (Å²) >= 11 is 0. The second kappa shape index (κ2) is 7.95. The summed E-state index contributed by atoms with van der Waals surface area (Å²) in [6.45, 7) is 1.92. The highest BCUT2D eigenvalue weighted by molar-refractivity contribution is 5.94. The van der Waals surface area contributed by atoms with Crippen LogP contribution in [0.15, 0.2) is 24.3 Å². The van der Waals surface area contributed by atoms with Crippen LogP contribution in [0.3, 0.4) is 0 Å². The van der Waals surface area contributed by atoms with Crippen molar-refractivity contribution in [3.63, 3.8) is 0 Å². The Balaban J connectivity index is 1.66. The van der Waals surface area contributed by atoms with Crippen LogP contribution in [0.5, 0.6) is 0 Å². The maximum absolute atomic E-state index is 13.9. The lowest BCUT2D eigenvalue weighted by Gasteiger charge is -2.47. The first-order valence-corrected chi connectivity index (χ1v) is 9.06. The van der Waals surface area contributed by atoms with Gasteiger partial charge in [0.25, 0.3) is 5.91 Å². The molecule has 2 fully saturated rings. The standard InChI is InChI=1S/C19H25FN2O3/c20-16-6-2-1-5-15(16)19(25)21-11-9-17-14(13-21)7-8-18(24)22(17)10-3-4-12-23/h1-2,5-6,14,17,23H,3-4,7-13H2/t14-,17+/m0/s1. The molecule has 0 bridgehead atoms. The number of carbonyl (C=O) groups is 2. The normalized spacial score (nSPS) is 23.5. The fourth-order valence-electron chi connectivity index (χ4n) is 4.03. The van der Waals surface area contributed by atoms with E-state index in [0.29, 0.717) is 32.5 Å². The third kappa shape index (κ3) is 3.84. The van der Waals surface area contributed by atoms with E-state index in [1.165, 1.54) is 12.1 Å². The Kier molecular flexibility index (Phi) is 5.68. The Hall–Kier alpha value is -1.95. The van der Waals surface area contributed by atoms with Gasteiger partial charge in [0.05, 0.1) is 5.56 Å². The predicted octanol–water partition coefficient (Wildman–Crippen LogP) is 2.05. The highest BCUT2D eigenvalue weighted by Crippen LogP contribution is 2.32. The second-order valence-electron chi connectivity index (χ2n) is 6.90. The summed E-state index contributed by atoms with van der Waals surface area (Å²) in [5, 5.41) is 8.94. The number of amides is 2. The van der Waals surface area contributed by atoms with Gasteiger partial charge in [-0.3, -0.25) is 9.59 Å². The quantitative estimate of drug-likeness (QED) is 0.829. The van der Waals surface area contributed by atoms with E-state index in [1.54, 1.807) is 17.0 Å². The summed E-state index contributed by atoms with van der Waals surface area (Å²) in [5.74, 6) is -0.330. The fraction of sp³-hybridized carbons (Fsp3) is 0.579. The van der Waals surface area contributed by atoms with Crippen molar-refractivity contribution in [1.82, 2.24) is 9.80 Å². The molecule has 1 aromatic carbocycles. The van der Waals surface area contributed by atoms with Gasteiger partial charge in [0.15, 0.2) is 0 Å². The van der Waals surface area contributed by atoms with E-state index in [4.69, 9.17) is 5.11 Å². The summed E-state index contributed by atoms with van der Waals surface area (Å²) in [7, 11) is 0. The molecule has 6 heteroatoms. The molecule has 0 radical (unpaired) electrons. The minimum absolute atomic E-state index is 0.118. The molecule has 2 heterocycles. The molecule has 25 heavy (non-hydrogen) atoms. The molecular weight excluding hydrogens is 323 g/mol. The number of piperidine rings is 2. The van der Waals surface area contributed by atoms with Crippen molar-refractivity contribution in [2.24, 2.45) is 5.92 Å². The Bertz CT molecular complexity index is 637. The zero-order valence-electron chi connectivity index (χ0n) is 14.4. The Morgan fingerprint density at radius 2 is 2.04 bits per heavy atom. The fourth-order valence-corrected chi connectivity index (χ4v) is 4.03. The van der Waals surface area contributed by atoms with Gasteiger partial charge in [-0.1, -0.05) is 12.1 Å². The van der Waals surface area contributed by atoms with Gasteiger partial charge in [-0.05, 0) is 43.7 Å². The Morgan fingerprint density at radius 3 is 2.80 bits per heavy atom. The van der Waals surface area contributed by atoms with Crippen molar-refractivity contribution < 1.29 is 19.1 Å². The number of nitrogens with zero attached hydrogens (tertiary/aromatic N) is 2. The number of unbranched alkanes of at least 4 members (excludes halogenated alkanes) is 1. The number of fused-ring (bicyclic) bond motifs is 1. The number of hydrogen-bond donors (Lipinski definition) is 1. The first-order chi connectivity index (χ1) is 12.1. The van der Waals surface area contributed by atoms with Crippen LogP contribution in [0.1, 0.15) is 42.5 Å². The number of rotatable bonds is 5. The molecule has 2 atom stereocenters. The smallest absolute Gasteiger partial charge is 0.256 e. The van der Waals surface area contributed by atoms with Crippen LogP contribution in [0, 0.1) is 11.7 Å². The number of aliphatic hydroxyl groups is 1. The lowest BCUT2D eigenvalue weighted by molar-refractivity contribution is -0.140. The zero-order valence-corrected chi connectivity index (χ0v) is 14.4. The summed E-state index contributed by atoms with van der Waals surface area (Å²) in [6.07, 6.45) is 3.50. The lowest BCUT2D eigenvalue weighted by atomic mass is 9.83. The van der Waals surface area contributed by atoms with E-state index in [-0.39, 0.29) is 35.9 Å². The third-order valence-electron chi connectivity index (χ3n) is 5.34. The predicted molar refractivity (Wildman–Crippen MR) is 91.5 cm³/mol. The third-order valence-corrected chi connectivity index (χ3v) is 5.34. The minimum Gasteiger partial charge on any atom is -0.396 e. The minimum atomic E-state index is -0.487. The molecular formula is C19H25FN2O3. The van der Waals surface area contributed by atoms with E-state index in [0.717, 1.165) is 19.3 Å². The van der Waals surface area contributed by atoms with Crippen molar-refractivity contribution in [2.45, 2.75) is 38.1 Å². The number of halogens is 1. The summed E-state index contributed by atoms with van der Waals surface area (Å²) in [5.41, 5.74) is 0.118. The topological polar surface area (TPSA) is 60.9 Å². The van der Waals surface area contributed by atoms with Crippen LogP contribution < -0.4 is 0 Å². The monoisotopic (exact) mass is 348 g/mol. The van der Waals surface area contributed by atoms with Crippen molar-refractivity contribution in [3.05, 3.63) is 35.6 Å². The molecule has 2 aliphatic rings. The van der Waals surface area contributed by atoms with Crippen LogP contribution in [0.25, 0.3) is 0 Å². The van der Waals surface area contributed by atoms with E-state index in [1.807, 2.05) is 4.90 Å². The number of likely N-dealkylation sites (tertiary alicyclic amines) is 2. The molecule has 3 rings (SSSR count). The van der Waals surface area contributed by atoms with Crippen molar-refractivity contribution in [3.8, 4) is 0 Å². The van der Waals surface area contributed by atoms with E-state index < -0.39 is 5.82 Å². The molecule has 0 saturated carbocycles. The summed E-state index contributed by atoms with van der Waals surface area (Å²) in [6, 6.07) is 6.24. The first-order valence-electron chi connectivity index (χ1n) is 9.06. The van der Waals surface area contributed by atoms with Gasteiger partial charge in [0.1, 0.15) is 5.82 Å². The number of hydrogen-bond acceptors (Lipinski definition) is 3. The number of aliphatic hydroxyl groups excluding tert-OH is 1. The van der Waals surface area contributed by atoms with E-state index in [2.05, 4.69) is 0 Å². The lowest BCUT2D eigenvalue weighted by Crippen LogP contribution is -2.57. The molecule has 2 aliphatic heterocycles. The summed E-state index contributed by atoms with van der Waals surface area (Å²) < 4.78 is 13.9. The van der Waals surface area contributed by atoms with Crippen molar-refractivity contribution in [2.75, 3.05) is 26.2 Å². The van der Waals surface area contributed by atoms with Crippen molar-refractivity contribution >= 4 is 11.8 Å². The van der Waals surface area contributed by atoms with E-state index >= 15 is 0 Å². The molecule has 0 spiro atoms. The van der Waals surface area contributed by atoms with Gasteiger partial charge in [0.2, 0.25) is 5.91 Å². The van der Waals surface area contributed by atoms with Crippen LogP contribution >= 0.6 is 0 Å². The number of benzene rings is 1. The molecule has 1 N–H and O–H groups in total. The van der Waals surface area contributed by atoms with Crippen LogP contribution in [-0.4, -0.2) is 59.0 Å². The molecule has 0 unspecified atom stereocenters. The highest BCUT2D eigenvalue weighted by atomic mass is 19.1. The van der Waals surface area contributed by atoms with Gasteiger partial charge < -0.3 is 14.9 Å². The van der Waals surface area contributed by atoms with Gasteiger partial charge in [-0.2, -0.15) is 0 Å². The molecule has 0 aliphatic carbocycles. The Morgan fingerprint density at radius 1 is 1.24 bits per heavy atom. The van der Waals surface area contributed by atoms with Gasteiger partial charge in [0, 0.05) is 38.7 Å². The molecule has 2 saturated heterocycles. The van der Waals surface area contributed by atoms with Gasteiger partial charge >= 0.3 is 0 Å². The largest absolute Gasteiger partial charge is 0.396 e. The average molecular weight is 348 g/mol. The van der Waals surface area contributed by atoms with Gasteiger partial charge in [-0.15, -0.1) is 0 Å². The molecule has 136 valence electrons. The molecule has 2 amide bonds. The summed E-state index contributed by atoms with van der Waals surface area (Å²) in [4.78, 5) is 28.6. The van der Waals surface area contributed by atoms with Crippen LogP contribution in [0.4, 0.5) is 4.39 Å². The van der Waals surface area contributed by atoms with E-state index in [9.17, 15) is 14.0 Å². The highest BCUT2D eigenvalue weighted by Gasteiger charge is 2.40. The maximum atomic E-state index is 13.9. The Labute approximate surface area is 147 Å². The van der Waals surface area contributed by atoms with Crippen LogP contribution in [-0.2, 0) is 4.79 Å². The zero-order chi connectivity index (χ0) is 17.8. The van der Waals surface area contributed by atoms with Gasteiger partial charge in [-0.25, -0.2) is 4.39 Å². The van der Waals surface area contributed by atoms with Crippen LogP contribution in [0.2, 0.25) is 0 Å². The molecule has 1 aromatic rings. The number of carbonyl (C=O) groups excluding carboxylic acids is 2. The SMILES string of the molecule is O=C(c1ccccc1F)N1CC[C@@H]2[C@@H](CCC(=O)N2CCCCO)C1. The second-order valence-corrected chi connectivity index (χ2v) is 6.90. The molecule has 5 nitrogen and oxygen atoms in total. The molecule has 0 aromatic heterocycles. The average Bonchev–Trinajstić information content (AvgIpc) is 2.63. The van der Waals surface area contributed by atoms with Crippen molar-refractivity contribution in [1.29, 1.82) is 0 Å².